The van der Waals surface area contributed by atoms with Crippen molar-refractivity contribution in [3.05, 3.63) is 36.5 Å². The zero-order chi connectivity index (χ0) is 47.2. The number of allylic oxidation sites excluding steroid dienone is 5. The van der Waals surface area contributed by atoms with Gasteiger partial charge in [-0.15, -0.1) is 0 Å². The number of unbranched alkanes of at least 4 members (excludes halogenated alkanes) is 38. The lowest BCUT2D eigenvalue weighted by molar-refractivity contribution is -0.143. The molecule has 0 saturated carbocycles. The first kappa shape index (κ1) is 63.1. The molecule has 382 valence electrons. The number of amides is 1. The molecule has 0 aliphatic heterocycles. The summed E-state index contributed by atoms with van der Waals surface area (Å²) < 4.78 is 5.45. The van der Waals surface area contributed by atoms with E-state index >= 15 is 0 Å². The molecule has 0 aromatic rings. The summed E-state index contributed by atoms with van der Waals surface area (Å²) in [5, 5.41) is 23.2. The first-order valence-corrected chi connectivity index (χ1v) is 28.8. The van der Waals surface area contributed by atoms with Crippen LogP contribution in [0.15, 0.2) is 36.5 Å². The van der Waals surface area contributed by atoms with E-state index in [4.69, 9.17) is 4.74 Å². The van der Waals surface area contributed by atoms with E-state index < -0.39 is 12.1 Å². The molecule has 65 heavy (non-hydrogen) atoms. The minimum atomic E-state index is -0.855. The van der Waals surface area contributed by atoms with E-state index in [0.717, 1.165) is 70.6 Å². The molecular formula is C59H111NO5. The molecule has 0 heterocycles. The first-order valence-electron chi connectivity index (χ1n) is 28.8. The van der Waals surface area contributed by atoms with Gasteiger partial charge in [-0.3, -0.25) is 9.59 Å². The van der Waals surface area contributed by atoms with E-state index in [1.54, 1.807) is 6.08 Å². The van der Waals surface area contributed by atoms with Crippen LogP contribution in [-0.4, -0.2) is 47.4 Å². The monoisotopic (exact) mass is 914 g/mol. The Hall–Kier alpha value is -1.92. The Kier molecular flexibility index (Phi) is 53.1. The van der Waals surface area contributed by atoms with Gasteiger partial charge in [-0.05, 0) is 57.8 Å². The predicted octanol–water partition coefficient (Wildman–Crippen LogP) is 17.6. The summed E-state index contributed by atoms with van der Waals surface area (Å²) in [6.07, 6.45) is 67.3. The average Bonchev–Trinajstić information content (AvgIpc) is 3.31. The highest BCUT2D eigenvalue weighted by Crippen LogP contribution is 2.17. The van der Waals surface area contributed by atoms with Crippen LogP contribution in [0.3, 0.4) is 0 Å². The van der Waals surface area contributed by atoms with E-state index in [1.807, 2.05) is 6.08 Å². The Morgan fingerprint density at radius 1 is 0.431 bits per heavy atom. The van der Waals surface area contributed by atoms with Gasteiger partial charge in [0.1, 0.15) is 0 Å². The lowest BCUT2D eigenvalue weighted by Crippen LogP contribution is -2.45. The highest BCUT2D eigenvalue weighted by atomic mass is 16.5. The van der Waals surface area contributed by atoms with Gasteiger partial charge in [-0.1, -0.05) is 269 Å². The molecule has 0 spiro atoms. The molecule has 0 radical (unpaired) electrons. The van der Waals surface area contributed by atoms with Crippen molar-refractivity contribution in [1.82, 2.24) is 5.32 Å². The molecule has 0 bridgehead atoms. The maximum Gasteiger partial charge on any atom is 0.305 e. The van der Waals surface area contributed by atoms with E-state index in [-0.39, 0.29) is 18.5 Å². The third-order valence-electron chi connectivity index (χ3n) is 13.1. The van der Waals surface area contributed by atoms with Crippen molar-refractivity contribution in [2.45, 2.75) is 315 Å². The number of rotatable bonds is 53. The van der Waals surface area contributed by atoms with Gasteiger partial charge in [-0.25, -0.2) is 0 Å². The number of ether oxygens (including phenoxy) is 1. The van der Waals surface area contributed by atoms with Crippen LogP contribution in [-0.2, 0) is 14.3 Å². The van der Waals surface area contributed by atoms with Crippen LogP contribution in [0.1, 0.15) is 303 Å². The summed E-state index contributed by atoms with van der Waals surface area (Å²) in [6, 6.07) is -0.639. The fraction of sp³-hybridized carbons (Fsp3) is 0.864. The summed E-state index contributed by atoms with van der Waals surface area (Å²) in [7, 11) is 0. The molecule has 0 aliphatic rings. The van der Waals surface area contributed by atoms with Crippen molar-refractivity contribution in [2.75, 3.05) is 13.2 Å². The Balaban J connectivity index is 3.50. The van der Waals surface area contributed by atoms with Crippen LogP contribution in [0.2, 0.25) is 0 Å². The smallest absolute Gasteiger partial charge is 0.305 e. The molecule has 3 N–H and O–H groups in total. The second-order valence-electron chi connectivity index (χ2n) is 19.6. The number of carbonyl (C=O) groups excluding carboxylic acids is 2. The van der Waals surface area contributed by atoms with Crippen molar-refractivity contribution in [3.8, 4) is 0 Å². The normalized spacial score (nSPS) is 12.9. The highest BCUT2D eigenvalue weighted by Gasteiger charge is 2.18. The van der Waals surface area contributed by atoms with Gasteiger partial charge in [0, 0.05) is 12.8 Å². The van der Waals surface area contributed by atoms with Gasteiger partial charge in [0.25, 0.3) is 0 Å². The van der Waals surface area contributed by atoms with Crippen molar-refractivity contribution >= 4 is 11.9 Å². The van der Waals surface area contributed by atoms with E-state index in [1.165, 1.54) is 205 Å². The molecule has 0 rings (SSSR count). The fourth-order valence-electron chi connectivity index (χ4n) is 8.73. The fourth-order valence-corrected chi connectivity index (χ4v) is 8.73. The van der Waals surface area contributed by atoms with Crippen molar-refractivity contribution in [2.24, 2.45) is 0 Å². The number of carbonyl (C=O) groups is 2. The van der Waals surface area contributed by atoms with Crippen molar-refractivity contribution in [3.63, 3.8) is 0 Å². The van der Waals surface area contributed by atoms with Crippen LogP contribution in [0.25, 0.3) is 0 Å². The van der Waals surface area contributed by atoms with Crippen LogP contribution >= 0.6 is 0 Å². The largest absolute Gasteiger partial charge is 0.466 e. The van der Waals surface area contributed by atoms with E-state index in [2.05, 4.69) is 43.5 Å². The second-order valence-corrected chi connectivity index (χ2v) is 19.6. The van der Waals surface area contributed by atoms with E-state index in [0.29, 0.717) is 19.4 Å². The van der Waals surface area contributed by atoms with Gasteiger partial charge >= 0.3 is 5.97 Å². The number of hydrogen-bond acceptors (Lipinski definition) is 5. The molecule has 6 heteroatoms. The van der Waals surface area contributed by atoms with E-state index in [9.17, 15) is 19.8 Å². The van der Waals surface area contributed by atoms with Gasteiger partial charge in [0.15, 0.2) is 0 Å². The minimum Gasteiger partial charge on any atom is -0.466 e. The zero-order valence-corrected chi connectivity index (χ0v) is 43.5. The average molecular weight is 915 g/mol. The zero-order valence-electron chi connectivity index (χ0n) is 43.5. The van der Waals surface area contributed by atoms with Gasteiger partial charge < -0.3 is 20.3 Å². The summed E-state index contributed by atoms with van der Waals surface area (Å²) >= 11 is 0. The van der Waals surface area contributed by atoms with Crippen molar-refractivity contribution < 1.29 is 24.5 Å². The quantitative estimate of drug-likeness (QED) is 0.0321. The number of esters is 1. The van der Waals surface area contributed by atoms with Gasteiger partial charge in [0.2, 0.25) is 5.91 Å². The molecule has 0 aromatic carbocycles. The van der Waals surface area contributed by atoms with Gasteiger partial charge in [0.05, 0.1) is 25.4 Å². The molecule has 6 nitrogen and oxygen atoms in total. The maximum atomic E-state index is 12.5. The van der Waals surface area contributed by atoms with Crippen LogP contribution in [0.5, 0.6) is 0 Å². The molecule has 0 aliphatic carbocycles. The Bertz CT molecular complexity index is 1060. The Labute approximate surface area is 404 Å². The topological polar surface area (TPSA) is 95.9 Å². The highest BCUT2D eigenvalue weighted by molar-refractivity contribution is 5.76. The van der Waals surface area contributed by atoms with Crippen LogP contribution in [0, 0.1) is 0 Å². The molecular weight excluding hydrogens is 803 g/mol. The SMILES string of the molecule is CCC/C=C\C/C=C\CCCCCCCC(=O)OCCCCCCCCCCCCCCCC(=O)NC(CO)C(O)/C=C/CCCCCCCCCCCCCCCCCCCCCC. The number of hydrogen-bond donors (Lipinski definition) is 3. The molecule has 0 saturated heterocycles. The molecule has 0 fully saturated rings. The lowest BCUT2D eigenvalue weighted by Gasteiger charge is -2.20. The van der Waals surface area contributed by atoms with Crippen LogP contribution < -0.4 is 5.32 Å². The standard InChI is InChI=1S/C59H111NO5/c1-3-5-7-9-11-13-15-17-18-19-20-21-22-23-24-25-28-31-35-39-43-47-51-57(62)56(55-61)60-58(63)52-48-44-40-36-32-29-26-30-34-38-42-46-50-54-65-59(64)53-49-45-41-37-33-27-16-14-12-10-8-6-4-2/h8,10,14,16,47,51,56-57,61-62H,3-7,9,11-13,15,17-46,48-50,52-55H2,1-2H3,(H,60,63)/b10-8-,16-14-,51-47+. The van der Waals surface area contributed by atoms with Crippen LogP contribution in [0.4, 0.5) is 0 Å². The molecule has 1 amide bonds. The summed E-state index contributed by atoms with van der Waals surface area (Å²) in [4.78, 5) is 24.5. The second kappa shape index (κ2) is 54.7. The number of aliphatic hydroxyl groups excluding tert-OH is 2. The Morgan fingerprint density at radius 2 is 0.800 bits per heavy atom. The maximum absolute atomic E-state index is 12.5. The number of nitrogens with one attached hydrogen (secondary N) is 1. The summed E-state index contributed by atoms with van der Waals surface area (Å²) in [5.74, 6) is -0.102. The predicted molar refractivity (Wildman–Crippen MR) is 283 cm³/mol. The first-order chi connectivity index (χ1) is 32.0. The van der Waals surface area contributed by atoms with Crippen molar-refractivity contribution in [1.29, 1.82) is 0 Å². The molecule has 2 unspecified atom stereocenters. The Morgan fingerprint density at radius 3 is 1.23 bits per heavy atom. The van der Waals surface area contributed by atoms with Gasteiger partial charge in [-0.2, -0.15) is 0 Å². The molecule has 0 aromatic heterocycles. The molecule has 2 atom stereocenters. The minimum absolute atomic E-state index is 0.0220. The lowest BCUT2D eigenvalue weighted by atomic mass is 10.0. The number of aliphatic hydroxyl groups is 2. The summed E-state index contributed by atoms with van der Waals surface area (Å²) in [6.45, 7) is 4.82. The summed E-state index contributed by atoms with van der Waals surface area (Å²) in [5.41, 5.74) is 0. The third kappa shape index (κ3) is 51.3. The third-order valence-corrected chi connectivity index (χ3v) is 13.1.